The Morgan fingerprint density at radius 3 is 2.57 bits per heavy atom. The van der Waals surface area contributed by atoms with Crippen LogP contribution in [-0.2, 0) is 9.53 Å². The summed E-state index contributed by atoms with van der Waals surface area (Å²) < 4.78 is 5.61. The lowest BCUT2D eigenvalue weighted by Gasteiger charge is -2.34. The van der Waals surface area contributed by atoms with Crippen molar-refractivity contribution in [3.8, 4) is 0 Å². The van der Waals surface area contributed by atoms with Crippen molar-refractivity contribution < 1.29 is 9.53 Å². The van der Waals surface area contributed by atoms with E-state index in [1.165, 1.54) is 12.8 Å². The second-order valence-corrected chi connectivity index (χ2v) is 6.07. The van der Waals surface area contributed by atoms with Gasteiger partial charge in [0.15, 0.2) is 0 Å². The number of rotatable bonds is 3. The lowest BCUT2D eigenvalue weighted by Crippen LogP contribution is -2.54. The van der Waals surface area contributed by atoms with Gasteiger partial charge in [0.25, 0.3) is 5.91 Å². The Morgan fingerprint density at radius 2 is 1.95 bits per heavy atom. The molecule has 3 aliphatic rings. The van der Waals surface area contributed by atoms with Gasteiger partial charge >= 0.3 is 0 Å². The van der Waals surface area contributed by atoms with E-state index in [1.54, 1.807) is 0 Å². The number of ether oxygens (including phenoxy) is 1. The first-order valence-electron chi connectivity index (χ1n) is 7.65. The van der Waals surface area contributed by atoms with Crippen LogP contribution < -0.4 is 10.6 Å². The van der Waals surface area contributed by atoms with Crippen LogP contribution in [0.4, 0.5) is 0 Å². The summed E-state index contributed by atoms with van der Waals surface area (Å²) in [5.41, 5.74) is 0. The normalized spacial score (nSPS) is 35.5. The molecule has 0 saturated carbocycles. The summed E-state index contributed by atoms with van der Waals surface area (Å²) in [7, 11) is 0. The van der Waals surface area contributed by atoms with Crippen molar-refractivity contribution in [2.45, 2.75) is 56.8 Å². The van der Waals surface area contributed by atoms with Gasteiger partial charge in [-0.1, -0.05) is 6.92 Å². The molecule has 3 aliphatic heterocycles. The van der Waals surface area contributed by atoms with Gasteiger partial charge in [-0.05, 0) is 32.2 Å². The number of amides is 1. The van der Waals surface area contributed by atoms with Crippen molar-refractivity contribution in [2.24, 2.45) is 0 Å². The lowest BCUT2D eigenvalue weighted by atomic mass is 9.99. The van der Waals surface area contributed by atoms with Crippen molar-refractivity contribution in [1.82, 2.24) is 15.5 Å². The minimum Gasteiger partial charge on any atom is -0.366 e. The number of morpholine rings is 1. The molecule has 3 saturated heterocycles. The SMILES string of the molecule is CCN1CCOC(C(=O)NC2CC3CCC(C2)N3)C1.Cl.Cl. The van der Waals surface area contributed by atoms with Crippen LogP contribution in [0.3, 0.4) is 0 Å². The standard InChI is InChI=1S/C14H25N3O2.2ClH/c1-2-17-5-6-19-13(9-17)14(18)16-12-7-10-3-4-11(8-12)15-10;;/h10-13,15H,2-9H2,1H3,(H,16,18);2*1H. The molecule has 3 rings (SSSR count). The first kappa shape index (κ1) is 19.0. The number of halogens is 2. The molecule has 3 unspecified atom stereocenters. The molecule has 3 fully saturated rings. The van der Waals surface area contributed by atoms with E-state index < -0.39 is 0 Å². The van der Waals surface area contributed by atoms with Crippen LogP contribution in [-0.4, -0.2) is 61.3 Å². The number of fused-ring (bicyclic) bond motifs is 2. The van der Waals surface area contributed by atoms with E-state index in [-0.39, 0.29) is 36.8 Å². The van der Waals surface area contributed by atoms with Gasteiger partial charge in [-0.15, -0.1) is 24.8 Å². The summed E-state index contributed by atoms with van der Waals surface area (Å²) in [6.45, 7) is 5.47. The second kappa shape index (κ2) is 8.53. The van der Waals surface area contributed by atoms with E-state index in [4.69, 9.17) is 4.74 Å². The first-order valence-corrected chi connectivity index (χ1v) is 7.65. The summed E-state index contributed by atoms with van der Waals surface area (Å²) in [5.74, 6) is 0.0875. The maximum Gasteiger partial charge on any atom is 0.250 e. The highest BCUT2D eigenvalue weighted by atomic mass is 35.5. The summed E-state index contributed by atoms with van der Waals surface area (Å²) >= 11 is 0. The van der Waals surface area contributed by atoms with E-state index >= 15 is 0 Å². The molecule has 0 aliphatic carbocycles. The van der Waals surface area contributed by atoms with Crippen LogP contribution in [0.1, 0.15) is 32.6 Å². The van der Waals surface area contributed by atoms with Crippen LogP contribution in [0.2, 0.25) is 0 Å². The molecular weight excluding hydrogens is 313 g/mol. The van der Waals surface area contributed by atoms with Crippen molar-refractivity contribution in [2.75, 3.05) is 26.2 Å². The summed E-state index contributed by atoms with van der Waals surface area (Å²) in [6.07, 6.45) is 4.40. The van der Waals surface area contributed by atoms with Crippen molar-refractivity contribution in [1.29, 1.82) is 0 Å². The second-order valence-electron chi connectivity index (χ2n) is 6.07. The van der Waals surface area contributed by atoms with Crippen molar-refractivity contribution in [3.63, 3.8) is 0 Å². The molecule has 0 aromatic rings. The molecule has 3 heterocycles. The average molecular weight is 340 g/mol. The number of nitrogens with zero attached hydrogens (tertiary/aromatic N) is 1. The molecule has 1 amide bonds. The molecule has 124 valence electrons. The van der Waals surface area contributed by atoms with Gasteiger partial charge in [-0.25, -0.2) is 0 Å². The van der Waals surface area contributed by atoms with Gasteiger partial charge in [0, 0.05) is 31.2 Å². The number of hydrogen-bond donors (Lipinski definition) is 2. The van der Waals surface area contributed by atoms with Crippen LogP contribution in [0, 0.1) is 0 Å². The molecule has 2 N–H and O–H groups in total. The average Bonchev–Trinajstić information content (AvgIpc) is 2.78. The first-order chi connectivity index (χ1) is 9.24. The van der Waals surface area contributed by atoms with E-state index in [1.807, 2.05) is 0 Å². The quantitative estimate of drug-likeness (QED) is 0.803. The third-order valence-electron chi connectivity index (χ3n) is 4.71. The Labute approximate surface area is 139 Å². The fourth-order valence-electron chi connectivity index (χ4n) is 3.62. The Kier molecular flexibility index (Phi) is 7.71. The van der Waals surface area contributed by atoms with Crippen LogP contribution in [0.25, 0.3) is 0 Å². The third-order valence-corrected chi connectivity index (χ3v) is 4.71. The topological polar surface area (TPSA) is 53.6 Å². The van der Waals surface area contributed by atoms with Crippen molar-refractivity contribution in [3.05, 3.63) is 0 Å². The van der Waals surface area contributed by atoms with Gasteiger partial charge in [0.05, 0.1) is 6.61 Å². The molecule has 5 nitrogen and oxygen atoms in total. The van der Waals surface area contributed by atoms with E-state index in [0.29, 0.717) is 24.7 Å². The van der Waals surface area contributed by atoms with Crippen molar-refractivity contribution >= 4 is 30.7 Å². The zero-order valence-electron chi connectivity index (χ0n) is 12.5. The van der Waals surface area contributed by atoms with Gasteiger partial charge in [-0.3, -0.25) is 9.69 Å². The maximum atomic E-state index is 12.3. The highest BCUT2D eigenvalue weighted by Gasteiger charge is 2.35. The van der Waals surface area contributed by atoms with E-state index in [2.05, 4.69) is 22.5 Å². The van der Waals surface area contributed by atoms with Gasteiger partial charge in [0.1, 0.15) is 6.10 Å². The number of nitrogens with one attached hydrogen (secondary N) is 2. The molecule has 0 aromatic heterocycles. The third kappa shape index (κ3) is 4.70. The van der Waals surface area contributed by atoms with E-state index in [9.17, 15) is 4.79 Å². The monoisotopic (exact) mass is 339 g/mol. The molecular formula is C14H27Cl2N3O2. The minimum atomic E-state index is -0.277. The van der Waals surface area contributed by atoms with Gasteiger partial charge < -0.3 is 15.4 Å². The zero-order valence-corrected chi connectivity index (χ0v) is 14.2. The molecule has 21 heavy (non-hydrogen) atoms. The molecule has 0 radical (unpaired) electrons. The summed E-state index contributed by atoms with van der Waals surface area (Å²) in [4.78, 5) is 14.6. The number of carbonyl (C=O) groups is 1. The largest absolute Gasteiger partial charge is 0.366 e. The highest BCUT2D eigenvalue weighted by molar-refractivity contribution is 5.85. The molecule has 3 atom stereocenters. The molecule has 7 heteroatoms. The smallest absolute Gasteiger partial charge is 0.250 e. The van der Waals surface area contributed by atoms with Gasteiger partial charge in [0.2, 0.25) is 0 Å². The zero-order chi connectivity index (χ0) is 13.2. The Hall–Kier alpha value is -0.0700. The minimum absolute atomic E-state index is 0. The van der Waals surface area contributed by atoms with Gasteiger partial charge in [-0.2, -0.15) is 0 Å². The van der Waals surface area contributed by atoms with E-state index in [0.717, 1.165) is 32.5 Å². The maximum absolute atomic E-state index is 12.3. The predicted molar refractivity (Wildman–Crippen MR) is 87.5 cm³/mol. The lowest BCUT2D eigenvalue weighted by molar-refractivity contribution is -0.139. The fraction of sp³-hybridized carbons (Fsp3) is 0.929. The Bertz CT molecular complexity index is 334. The Balaban J connectivity index is 0.00000110. The van der Waals surface area contributed by atoms with Crippen LogP contribution >= 0.6 is 24.8 Å². The van der Waals surface area contributed by atoms with Crippen LogP contribution in [0.5, 0.6) is 0 Å². The molecule has 0 aromatic carbocycles. The number of carbonyl (C=O) groups excluding carboxylic acids is 1. The fourth-order valence-corrected chi connectivity index (χ4v) is 3.62. The number of hydrogen-bond acceptors (Lipinski definition) is 4. The molecule has 0 spiro atoms. The predicted octanol–water partition coefficient (Wildman–Crippen LogP) is 0.950. The molecule has 2 bridgehead atoms. The summed E-state index contributed by atoms with van der Waals surface area (Å²) in [5, 5.41) is 6.80. The highest BCUT2D eigenvalue weighted by Crippen LogP contribution is 2.26. The Morgan fingerprint density at radius 1 is 1.29 bits per heavy atom. The number of likely N-dealkylation sites (N-methyl/N-ethyl adjacent to an activating group) is 1. The summed E-state index contributed by atoms with van der Waals surface area (Å²) in [6, 6.07) is 1.57. The number of piperidine rings is 1. The van der Waals surface area contributed by atoms with Crippen LogP contribution in [0.15, 0.2) is 0 Å².